The maximum atomic E-state index is 11.7. The van der Waals surface area contributed by atoms with E-state index in [1.54, 1.807) is 18.3 Å². The average Bonchev–Trinajstić information content (AvgIpc) is 2.55. The van der Waals surface area contributed by atoms with Gasteiger partial charge in [0.15, 0.2) is 0 Å². The van der Waals surface area contributed by atoms with Gasteiger partial charge in [0.1, 0.15) is 0 Å². The largest absolute Gasteiger partial charge is 0.481 e. The fourth-order valence-corrected chi connectivity index (χ4v) is 2.72. The molecule has 0 radical (unpaired) electrons. The molecule has 1 aromatic rings. The number of nitrogens with one attached hydrogen (secondary N) is 2. The number of carboxylic acids is 1. The number of hydrogen-bond acceptors (Lipinski definition) is 4. The number of thiazole rings is 1. The molecule has 6 nitrogen and oxygen atoms in total. The lowest BCUT2D eigenvalue weighted by molar-refractivity contribution is -0.137. The molecule has 7 heteroatoms. The molecule has 2 amide bonds. The Morgan fingerprint density at radius 1 is 1.32 bits per heavy atom. The van der Waals surface area contributed by atoms with Crippen LogP contribution in [0.2, 0.25) is 0 Å². The second-order valence-electron chi connectivity index (χ2n) is 4.52. The molecule has 3 N–H and O–H groups in total. The van der Waals surface area contributed by atoms with Crippen LogP contribution in [0.15, 0.2) is 0 Å². The van der Waals surface area contributed by atoms with E-state index in [9.17, 15) is 9.59 Å². The Bertz CT molecular complexity index is 473. The van der Waals surface area contributed by atoms with Crippen molar-refractivity contribution in [1.82, 2.24) is 15.6 Å². The summed E-state index contributed by atoms with van der Waals surface area (Å²) in [5.74, 6) is -0.935. The number of carbonyl (C=O) groups is 2. The minimum absolute atomic E-state index is 0.0967. The Kier molecular flexibility index (Phi) is 5.29. The first-order valence-corrected chi connectivity index (χ1v) is 6.84. The predicted molar refractivity (Wildman–Crippen MR) is 73.4 cm³/mol. The predicted octanol–water partition coefficient (Wildman–Crippen LogP) is 1.98. The van der Waals surface area contributed by atoms with Gasteiger partial charge in [-0.25, -0.2) is 9.78 Å². The molecule has 106 valence electrons. The van der Waals surface area contributed by atoms with Gasteiger partial charge in [0, 0.05) is 10.9 Å². The van der Waals surface area contributed by atoms with E-state index in [2.05, 4.69) is 15.6 Å². The highest BCUT2D eigenvalue weighted by Gasteiger charge is 2.17. The number of aliphatic carboxylic acids is 1. The quantitative estimate of drug-likeness (QED) is 0.771. The standard InChI is InChI=1S/C12H19N3O3S/c1-6(5-10(16)17)13-12(18)15-8(3)11-7(2)14-9(4)19-11/h6,8H,5H2,1-4H3,(H,16,17)(H2,13,15,18). The van der Waals surface area contributed by atoms with Crippen LogP contribution in [-0.2, 0) is 4.79 Å². The minimum atomic E-state index is -0.935. The molecule has 0 saturated carbocycles. The van der Waals surface area contributed by atoms with E-state index in [1.165, 1.54) is 0 Å². The van der Waals surface area contributed by atoms with Gasteiger partial charge in [0.05, 0.1) is 23.2 Å². The first-order valence-electron chi connectivity index (χ1n) is 6.02. The molecule has 0 aromatic carbocycles. The highest BCUT2D eigenvalue weighted by Crippen LogP contribution is 2.24. The summed E-state index contributed by atoms with van der Waals surface area (Å²) in [6.07, 6.45) is -0.0967. The normalized spacial score (nSPS) is 13.7. The number of carboxylic acid groups (broad SMARTS) is 1. The number of nitrogens with zero attached hydrogens (tertiary/aromatic N) is 1. The van der Waals surface area contributed by atoms with Crippen LogP contribution in [0.5, 0.6) is 0 Å². The zero-order valence-corrected chi connectivity index (χ0v) is 12.3. The average molecular weight is 285 g/mol. The molecule has 0 spiro atoms. The summed E-state index contributed by atoms with van der Waals surface area (Å²) in [5, 5.41) is 15.0. The van der Waals surface area contributed by atoms with E-state index in [4.69, 9.17) is 5.11 Å². The molecule has 0 fully saturated rings. The van der Waals surface area contributed by atoms with E-state index in [0.29, 0.717) is 0 Å². The van der Waals surface area contributed by atoms with Crippen molar-refractivity contribution in [3.05, 3.63) is 15.6 Å². The molecule has 0 aliphatic heterocycles. The molecular formula is C12H19N3O3S. The van der Waals surface area contributed by atoms with E-state index >= 15 is 0 Å². The Hall–Kier alpha value is -1.63. The number of aryl methyl sites for hydroxylation is 2. The lowest BCUT2D eigenvalue weighted by atomic mass is 10.2. The van der Waals surface area contributed by atoms with Crippen molar-refractivity contribution in [2.45, 2.75) is 46.2 Å². The summed E-state index contributed by atoms with van der Waals surface area (Å²) in [6, 6.07) is -0.927. The molecule has 0 saturated heterocycles. The van der Waals surface area contributed by atoms with Crippen molar-refractivity contribution < 1.29 is 14.7 Å². The zero-order chi connectivity index (χ0) is 14.6. The maximum Gasteiger partial charge on any atom is 0.315 e. The molecule has 1 rings (SSSR count). The molecule has 19 heavy (non-hydrogen) atoms. The molecule has 0 bridgehead atoms. The molecule has 0 aliphatic rings. The van der Waals surface area contributed by atoms with Crippen molar-refractivity contribution in [3.8, 4) is 0 Å². The van der Waals surface area contributed by atoms with Gasteiger partial charge in [-0.1, -0.05) is 0 Å². The number of aromatic nitrogens is 1. The van der Waals surface area contributed by atoms with Crippen LogP contribution in [0, 0.1) is 13.8 Å². The third kappa shape index (κ3) is 4.86. The van der Waals surface area contributed by atoms with Gasteiger partial charge < -0.3 is 15.7 Å². The van der Waals surface area contributed by atoms with Crippen LogP contribution in [0.3, 0.4) is 0 Å². The van der Waals surface area contributed by atoms with Crippen LogP contribution in [0.4, 0.5) is 4.79 Å². The third-order valence-electron chi connectivity index (χ3n) is 2.54. The smallest absolute Gasteiger partial charge is 0.315 e. The van der Waals surface area contributed by atoms with Crippen LogP contribution in [-0.4, -0.2) is 28.1 Å². The minimum Gasteiger partial charge on any atom is -0.481 e. The summed E-state index contributed by atoms with van der Waals surface area (Å²) in [7, 11) is 0. The molecule has 1 heterocycles. The maximum absolute atomic E-state index is 11.7. The number of urea groups is 1. The van der Waals surface area contributed by atoms with Gasteiger partial charge in [-0.05, 0) is 27.7 Å². The van der Waals surface area contributed by atoms with Crippen molar-refractivity contribution in [2.24, 2.45) is 0 Å². The van der Waals surface area contributed by atoms with E-state index in [-0.39, 0.29) is 18.5 Å². The zero-order valence-electron chi connectivity index (χ0n) is 11.5. The Balaban J connectivity index is 2.52. The topological polar surface area (TPSA) is 91.3 Å². The van der Waals surface area contributed by atoms with E-state index in [1.807, 2.05) is 20.8 Å². The van der Waals surface area contributed by atoms with Crippen LogP contribution >= 0.6 is 11.3 Å². The molecule has 2 atom stereocenters. The van der Waals surface area contributed by atoms with Crippen LogP contribution in [0.1, 0.15) is 41.9 Å². The molecule has 2 unspecified atom stereocenters. The van der Waals surface area contributed by atoms with Gasteiger partial charge in [0.2, 0.25) is 0 Å². The Morgan fingerprint density at radius 2 is 1.95 bits per heavy atom. The summed E-state index contributed by atoms with van der Waals surface area (Å²) in [4.78, 5) is 27.5. The SMILES string of the molecule is Cc1nc(C)c(C(C)NC(=O)NC(C)CC(=O)O)s1. The summed E-state index contributed by atoms with van der Waals surface area (Å²) < 4.78 is 0. The van der Waals surface area contributed by atoms with Gasteiger partial charge in [-0.2, -0.15) is 0 Å². The van der Waals surface area contributed by atoms with Crippen molar-refractivity contribution in [1.29, 1.82) is 0 Å². The Labute approximate surface area is 116 Å². The lowest BCUT2D eigenvalue weighted by Crippen LogP contribution is -2.42. The number of rotatable bonds is 5. The summed E-state index contributed by atoms with van der Waals surface area (Å²) in [5.41, 5.74) is 0.911. The molecule has 0 aliphatic carbocycles. The van der Waals surface area contributed by atoms with Crippen LogP contribution in [0.25, 0.3) is 0 Å². The molecule has 1 aromatic heterocycles. The first kappa shape index (κ1) is 15.4. The second-order valence-corrected chi connectivity index (χ2v) is 5.76. The number of carbonyl (C=O) groups excluding carboxylic acids is 1. The van der Waals surface area contributed by atoms with Gasteiger partial charge in [-0.15, -0.1) is 11.3 Å². The lowest BCUT2D eigenvalue weighted by Gasteiger charge is -2.16. The first-order chi connectivity index (χ1) is 8.79. The second kappa shape index (κ2) is 6.51. The third-order valence-corrected chi connectivity index (χ3v) is 3.79. The monoisotopic (exact) mass is 285 g/mol. The fraction of sp³-hybridized carbons (Fsp3) is 0.583. The summed E-state index contributed by atoms with van der Waals surface area (Å²) in [6.45, 7) is 7.35. The van der Waals surface area contributed by atoms with Gasteiger partial charge >= 0.3 is 12.0 Å². The van der Waals surface area contributed by atoms with E-state index in [0.717, 1.165) is 15.6 Å². The van der Waals surface area contributed by atoms with E-state index < -0.39 is 12.0 Å². The number of hydrogen-bond donors (Lipinski definition) is 3. The highest BCUT2D eigenvalue weighted by atomic mass is 32.1. The van der Waals surface area contributed by atoms with Gasteiger partial charge in [0.25, 0.3) is 0 Å². The number of amides is 2. The van der Waals surface area contributed by atoms with Crippen molar-refractivity contribution >= 4 is 23.3 Å². The fourth-order valence-electron chi connectivity index (χ4n) is 1.79. The summed E-state index contributed by atoms with van der Waals surface area (Å²) >= 11 is 1.55. The Morgan fingerprint density at radius 3 is 2.42 bits per heavy atom. The van der Waals surface area contributed by atoms with Crippen molar-refractivity contribution in [2.75, 3.05) is 0 Å². The van der Waals surface area contributed by atoms with Crippen LogP contribution < -0.4 is 10.6 Å². The highest BCUT2D eigenvalue weighted by molar-refractivity contribution is 7.11. The molecular weight excluding hydrogens is 266 g/mol. The van der Waals surface area contributed by atoms with Crippen molar-refractivity contribution in [3.63, 3.8) is 0 Å². The van der Waals surface area contributed by atoms with Gasteiger partial charge in [-0.3, -0.25) is 4.79 Å².